The lowest BCUT2D eigenvalue weighted by molar-refractivity contribution is -0.112. The van der Waals surface area contributed by atoms with E-state index in [0.29, 0.717) is 16.9 Å². The molecule has 4 nitrogen and oxygen atoms in total. The minimum absolute atomic E-state index is 0.0131. The largest absolute Gasteiger partial charge is 0.488 e. The number of amides is 1. The lowest BCUT2D eigenvalue weighted by Gasteiger charge is -2.10. The van der Waals surface area contributed by atoms with Crippen molar-refractivity contribution in [3.8, 4) is 11.8 Å². The molecule has 1 amide bonds. The van der Waals surface area contributed by atoms with E-state index >= 15 is 0 Å². The lowest BCUT2D eigenvalue weighted by Crippen LogP contribution is -2.14. The highest BCUT2D eigenvalue weighted by Gasteiger charge is 2.13. The topological polar surface area (TPSA) is 62.1 Å². The Bertz CT molecular complexity index is 1100. The molecule has 0 unspecified atom stereocenters. The summed E-state index contributed by atoms with van der Waals surface area (Å²) in [5.74, 6) is -1.36. The van der Waals surface area contributed by atoms with Crippen LogP contribution in [0.15, 0.2) is 78.4 Å². The first-order valence-electron chi connectivity index (χ1n) is 8.71. The van der Waals surface area contributed by atoms with Crippen molar-refractivity contribution in [1.82, 2.24) is 0 Å². The molecule has 0 aromatic heterocycles. The first-order chi connectivity index (χ1) is 14.1. The van der Waals surface area contributed by atoms with Crippen LogP contribution in [0.4, 0.5) is 14.5 Å². The van der Waals surface area contributed by atoms with Gasteiger partial charge in [0, 0.05) is 11.1 Å². The number of rotatable bonds is 6. The summed E-state index contributed by atoms with van der Waals surface area (Å²) >= 11 is 0. The van der Waals surface area contributed by atoms with Gasteiger partial charge in [-0.05, 0) is 30.3 Å². The average molecular weight is 390 g/mol. The van der Waals surface area contributed by atoms with Crippen LogP contribution in [0.25, 0.3) is 6.08 Å². The van der Waals surface area contributed by atoms with E-state index < -0.39 is 11.7 Å². The monoisotopic (exact) mass is 390 g/mol. The number of nitriles is 1. The molecular formula is C23H16F2N2O2. The number of benzene rings is 3. The zero-order valence-corrected chi connectivity index (χ0v) is 15.2. The second kappa shape index (κ2) is 9.29. The number of carbonyl (C=O) groups is 1. The average Bonchev–Trinajstić information content (AvgIpc) is 2.73. The fourth-order valence-corrected chi connectivity index (χ4v) is 2.56. The van der Waals surface area contributed by atoms with Gasteiger partial charge in [0.25, 0.3) is 5.91 Å². The van der Waals surface area contributed by atoms with Crippen LogP contribution in [0.2, 0.25) is 0 Å². The molecule has 29 heavy (non-hydrogen) atoms. The molecule has 0 aliphatic rings. The summed E-state index contributed by atoms with van der Waals surface area (Å²) in [5, 5.41) is 11.7. The van der Waals surface area contributed by atoms with E-state index in [2.05, 4.69) is 5.32 Å². The van der Waals surface area contributed by atoms with Crippen LogP contribution in [0.1, 0.15) is 11.1 Å². The second-order valence-electron chi connectivity index (χ2n) is 6.02. The molecule has 6 heteroatoms. The van der Waals surface area contributed by atoms with Crippen molar-refractivity contribution >= 4 is 17.7 Å². The van der Waals surface area contributed by atoms with Crippen molar-refractivity contribution in [2.45, 2.75) is 6.61 Å². The minimum Gasteiger partial charge on any atom is -0.488 e. The Hall–Kier alpha value is -3.98. The van der Waals surface area contributed by atoms with Crippen LogP contribution in [0.3, 0.4) is 0 Å². The van der Waals surface area contributed by atoms with Crippen LogP contribution >= 0.6 is 0 Å². The summed E-state index contributed by atoms with van der Waals surface area (Å²) in [6, 6.07) is 20.5. The zero-order valence-electron chi connectivity index (χ0n) is 15.2. The second-order valence-corrected chi connectivity index (χ2v) is 6.02. The number of anilines is 1. The number of nitrogens with zero attached hydrogens (tertiary/aromatic N) is 1. The molecule has 3 aromatic carbocycles. The third kappa shape index (κ3) is 5.05. The molecule has 0 atom stereocenters. The van der Waals surface area contributed by atoms with Gasteiger partial charge in [-0.3, -0.25) is 4.79 Å². The number of hydrogen-bond donors (Lipinski definition) is 1. The summed E-state index contributed by atoms with van der Waals surface area (Å²) < 4.78 is 33.2. The third-order valence-electron chi connectivity index (χ3n) is 4.05. The third-order valence-corrected chi connectivity index (χ3v) is 4.05. The van der Waals surface area contributed by atoms with Crippen LogP contribution in [0, 0.1) is 23.0 Å². The normalized spacial score (nSPS) is 10.9. The molecule has 0 fully saturated rings. The quantitative estimate of drug-likeness (QED) is 0.471. The van der Waals surface area contributed by atoms with Crippen LogP contribution < -0.4 is 10.1 Å². The SMILES string of the molecule is N#C/C(=C/c1ccccc1OCc1ccccc1F)C(=O)Nc1ccccc1F. The van der Waals surface area contributed by atoms with Gasteiger partial charge in [0.2, 0.25) is 0 Å². The van der Waals surface area contributed by atoms with Gasteiger partial charge in [0.05, 0.1) is 5.69 Å². The number of nitrogens with one attached hydrogen (secondary N) is 1. The van der Waals surface area contributed by atoms with E-state index in [-0.39, 0.29) is 23.7 Å². The molecule has 0 saturated heterocycles. The van der Waals surface area contributed by atoms with Gasteiger partial charge in [-0.2, -0.15) is 5.26 Å². The Labute approximate surface area is 166 Å². The summed E-state index contributed by atoms with van der Waals surface area (Å²) in [5.41, 5.74) is 0.589. The summed E-state index contributed by atoms with van der Waals surface area (Å²) in [6.07, 6.45) is 1.34. The van der Waals surface area contributed by atoms with Crippen molar-refractivity contribution in [1.29, 1.82) is 5.26 Å². The molecular weight excluding hydrogens is 374 g/mol. The molecule has 0 spiro atoms. The van der Waals surface area contributed by atoms with Gasteiger partial charge in [-0.25, -0.2) is 8.78 Å². The van der Waals surface area contributed by atoms with Crippen LogP contribution in [-0.2, 0) is 11.4 Å². The first kappa shape index (κ1) is 19.8. The lowest BCUT2D eigenvalue weighted by atomic mass is 10.1. The first-order valence-corrected chi connectivity index (χ1v) is 8.71. The molecule has 0 aliphatic heterocycles. The number of halogens is 2. The van der Waals surface area contributed by atoms with Crippen LogP contribution in [-0.4, -0.2) is 5.91 Å². The van der Waals surface area contributed by atoms with Gasteiger partial charge in [0.15, 0.2) is 0 Å². The Morgan fingerprint density at radius 1 is 0.966 bits per heavy atom. The molecule has 0 bridgehead atoms. The van der Waals surface area contributed by atoms with E-state index in [0.717, 1.165) is 0 Å². The van der Waals surface area contributed by atoms with E-state index in [4.69, 9.17) is 4.74 Å². The van der Waals surface area contributed by atoms with E-state index in [9.17, 15) is 18.8 Å². The molecule has 0 aliphatic carbocycles. The summed E-state index contributed by atoms with van der Waals surface area (Å²) in [6.45, 7) is -0.0131. The zero-order chi connectivity index (χ0) is 20.6. The van der Waals surface area contributed by atoms with Crippen molar-refractivity contribution < 1.29 is 18.3 Å². The van der Waals surface area contributed by atoms with Crippen molar-refractivity contribution in [3.05, 3.63) is 101 Å². The van der Waals surface area contributed by atoms with Crippen LogP contribution in [0.5, 0.6) is 5.75 Å². The van der Waals surface area contributed by atoms with Gasteiger partial charge in [-0.1, -0.05) is 48.5 Å². The number of hydrogen-bond acceptors (Lipinski definition) is 3. The maximum absolute atomic E-state index is 13.8. The van der Waals surface area contributed by atoms with Crippen molar-refractivity contribution in [2.24, 2.45) is 0 Å². The van der Waals surface area contributed by atoms with E-state index in [1.165, 1.54) is 30.3 Å². The number of carbonyl (C=O) groups excluding carboxylic acids is 1. The van der Waals surface area contributed by atoms with Gasteiger partial charge >= 0.3 is 0 Å². The maximum Gasteiger partial charge on any atom is 0.266 e. The molecule has 0 heterocycles. The minimum atomic E-state index is -0.749. The molecule has 1 N–H and O–H groups in total. The molecule has 0 saturated carbocycles. The predicted molar refractivity (Wildman–Crippen MR) is 106 cm³/mol. The maximum atomic E-state index is 13.8. The number of ether oxygens (including phenoxy) is 1. The standard InChI is InChI=1S/C23H16F2N2O2/c24-19-9-3-1-8-17(19)15-29-22-12-6-2-7-16(22)13-18(14-26)23(28)27-21-11-5-4-10-20(21)25/h1-13H,15H2,(H,27,28)/b18-13-. The highest BCUT2D eigenvalue weighted by atomic mass is 19.1. The Morgan fingerprint density at radius 2 is 1.62 bits per heavy atom. The number of para-hydroxylation sites is 2. The van der Waals surface area contributed by atoms with E-state index in [1.54, 1.807) is 48.5 Å². The van der Waals surface area contributed by atoms with Gasteiger partial charge < -0.3 is 10.1 Å². The Morgan fingerprint density at radius 3 is 2.34 bits per heavy atom. The highest BCUT2D eigenvalue weighted by Crippen LogP contribution is 2.23. The summed E-state index contributed by atoms with van der Waals surface area (Å²) in [4.78, 5) is 12.4. The highest BCUT2D eigenvalue weighted by molar-refractivity contribution is 6.09. The molecule has 0 radical (unpaired) electrons. The smallest absolute Gasteiger partial charge is 0.266 e. The fourth-order valence-electron chi connectivity index (χ4n) is 2.56. The predicted octanol–water partition coefficient (Wildman–Crippen LogP) is 5.09. The van der Waals surface area contributed by atoms with Crippen molar-refractivity contribution in [2.75, 3.05) is 5.32 Å². The molecule has 144 valence electrons. The molecule has 3 rings (SSSR count). The van der Waals surface area contributed by atoms with E-state index in [1.807, 2.05) is 6.07 Å². The van der Waals surface area contributed by atoms with Crippen molar-refractivity contribution in [3.63, 3.8) is 0 Å². The van der Waals surface area contributed by atoms with Gasteiger partial charge in [0.1, 0.15) is 35.6 Å². The Kier molecular flexibility index (Phi) is 6.33. The van der Waals surface area contributed by atoms with Gasteiger partial charge in [-0.15, -0.1) is 0 Å². The summed E-state index contributed by atoms with van der Waals surface area (Å²) in [7, 11) is 0. The fraction of sp³-hybridized carbons (Fsp3) is 0.0435. The Balaban J connectivity index is 1.81. The molecule has 3 aromatic rings.